The van der Waals surface area contributed by atoms with E-state index in [1.54, 1.807) is 48.5 Å². The molecular weight excluding hydrogens is 768 g/mol. The molecule has 1 atom stereocenters. The molecule has 15 nitrogen and oxygen atoms in total. The Balaban J connectivity index is 0.844. The molecule has 18 heteroatoms. The lowest BCUT2D eigenvalue weighted by Crippen LogP contribution is -2.49. The number of aryl methyl sites for hydroxylation is 1. The van der Waals surface area contributed by atoms with Gasteiger partial charge in [0.15, 0.2) is 11.5 Å². The molecule has 2 aliphatic heterocycles. The fraction of sp³-hybridized carbons (Fsp3) is 0.439. The molecule has 59 heavy (non-hydrogen) atoms. The van der Waals surface area contributed by atoms with Gasteiger partial charge in [-0.1, -0.05) is 0 Å². The van der Waals surface area contributed by atoms with Gasteiger partial charge in [0.25, 0.3) is 11.8 Å². The van der Waals surface area contributed by atoms with Crippen molar-refractivity contribution in [2.75, 3.05) is 36.4 Å². The van der Waals surface area contributed by atoms with Crippen LogP contribution in [0.1, 0.15) is 85.8 Å². The minimum Gasteiger partial charge on any atom is -0.490 e. The minimum absolute atomic E-state index is 0.0668. The van der Waals surface area contributed by atoms with Gasteiger partial charge in [-0.3, -0.25) is 29.4 Å². The van der Waals surface area contributed by atoms with Crippen LogP contribution in [0, 0.1) is 11.7 Å². The number of amides is 4. The number of urea groups is 1. The van der Waals surface area contributed by atoms with Crippen LogP contribution in [0.5, 0.6) is 5.75 Å². The summed E-state index contributed by atoms with van der Waals surface area (Å²) in [5.41, 5.74) is 3.25. The van der Waals surface area contributed by atoms with Crippen molar-refractivity contribution >= 4 is 51.5 Å². The Morgan fingerprint density at radius 1 is 1.08 bits per heavy atom. The molecule has 9 rings (SSSR count). The zero-order valence-electron chi connectivity index (χ0n) is 32.9. The molecule has 308 valence electrons. The van der Waals surface area contributed by atoms with Crippen LogP contribution in [0.4, 0.5) is 29.5 Å². The van der Waals surface area contributed by atoms with Crippen molar-refractivity contribution in [3.05, 3.63) is 77.9 Å². The van der Waals surface area contributed by atoms with Crippen molar-refractivity contribution in [2.45, 2.75) is 76.2 Å². The Morgan fingerprint density at radius 3 is 2.66 bits per heavy atom. The molecule has 1 saturated carbocycles. The predicted octanol–water partition coefficient (Wildman–Crippen LogP) is 6.29. The van der Waals surface area contributed by atoms with E-state index >= 15 is 13.2 Å². The summed E-state index contributed by atoms with van der Waals surface area (Å²) in [6, 6.07) is 5.48. The average Bonchev–Trinajstić information content (AvgIpc) is 3.89. The van der Waals surface area contributed by atoms with Gasteiger partial charge in [-0.05, 0) is 82.2 Å². The highest BCUT2D eigenvalue weighted by molar-refractivity contribution is 6.09. The van der Waals surface area contributed by atoms with Gasteiger partial charge < -0.3 is 14.5 Å². The van der Waals surface area contributed by atoms with E-state index in [1.165, 1.54) is 21.7 Å². The number of anilines is 2. The number of hydrogen-bond donors (Lipinski definition) is 2. The van der Waals surface area contributed by atoms with E-state index in [0.29, 0.717) is 52.3 Å². The topological polar surface area (TPSA) is 156 Å². The number of rotatable bonds is 9. The average molecular weight is 812 g/mol. The zero-order valence-corrected chi connectivity index (χ0v) is 32.9. The van der Waals surface area contributed by atoms with Gasteiger partial charge in [-0.2, -0.15) is 10.2 Å². The van der Waals surface area contributed by atoms with Crippen LogP contribution in [-0.4, -0.2) is 94.7 Å². The molecule has 0 spiro atoms. The lowest BCUT2D eigenvalue weighted by atomic mass is 9.79. The predicted molar refractivity (Wildman–Crippen MR) is 212 cm³/mol. The SMILES string of the molecule is CC(C)Oc1cc2nc([C@H]3CC[C@H](CN4CCC(c5cc6c(cc5F)c(N5CCC(=O)NC5=O)nn6C)C(F)(F)C4)CC3)cn2cc1C(=O)Nc1cnn2cccnc12. The Labute approximate surface area is 336 Å². The second-order valence-electron chi connectivity index (χ2n) is 16.2. The largest absolute Gasteiger partial charge is 0.490 e. The summed E-state index contributed by atoms with van der Waals surface area (Å²) < 4.78 is 58.6. The summed E-state index contributed by atoms with van der Waals surface area (Å²) in [4.78, 5) is 50.1. The van der Waals surface area contributed by atoms with Crippen molar-refractivity contribution in [2.24, 2.45) is 13.0 Å². The third-order valence-electron chi connectivity index (χ3n) is 11.8. The monoisotopic (exact) mass is 811 g/mol. The number of benzene rings is 1. The van der Waals surface area contributed by atoms with E-state index in [4.69, 9.17) is 9.72 Å². The lowest BCUT2D eigenvalue weighted by Gasteiger charge is -2.41. The molecule has 5 aromatic heterocycles. The minimum atomic E-state index is -3.17. The number of imide groups is 1. The number of imidazole rings is 1. The van der Waals surface area contributed by atoms with E-state index in [2.05, 4.69) is 25.8 Å². The summed E-state index contributed by atoms with van der Waals surface area (Å²) in [5, 5.41) is 14.1. The number of alkyl halides is 2. The van der Waals surface area contributed by atoms with Crippen LogP contribution >= 0.6 is 0 Å². The fourth-order valence-corrected chi connectivity index (χ4v) is 8.92. The molecule has 3 aliphatic rings. The third-order valence-corrected chi connectivity index (χ3v) is 11.8. The molecule has 2 N–H and O–H groups in total. The number of likely N-dealkylation sites (tertiary alicyclic amines) is 1. The highest BCUT2D eigenvalue weighted by Crippen LogP contribution is 2.44. The second kappa shape index (κ2) is 15.0. The second-order valence-corrected chi connectivity index (χ2v) is 16.2. The lowest BCUT2D eigenvalue weighted by molar-refractivity contribution is -0.120. The number of carbonyl (C=O) groups is 3. The van der Waals surface area contributed by atoms with Crippen molar-refractivity contribution in [3.63, 3.8) is 0 Å². The summed E-state index contributed by atoms with van der Waals surface area (Å²) >= 11 is 0. The maximum atomic E-state index is 16.0. The Bertz CT molecular complexity index is 2610. The first-order valence-electron chi connectivity index (χ1n) is 20.0. The number of aromatic nitrogens is 7. The van der Waals surface area contributed by atoms with Crippen molar-refractivity contribution in [1.82, 2.24) is 44.0 Å². The normalized spacial score (nSPS) is 21.5. The summed E-state index contributed by atoms with van der Waals surface area (Å²) in [6.07, 6.45) is 12.0. The fourth-order valence-electron chi connectivity index (χ4n) is 8.92. The molecule has 6 aromatic rings. The standard InChI is InChI=1S/C41H44F3N11O4/c1-23(2)59-34-17-35-47-32(21-53(35)20-28(34)39(57)48-31-18-46-55-12-4-11-45-38(31)55)25-7-5-24(6-8-25)19-52-13-9-29(41(43,44)22-52)26-16-33-27(15-30(26)42)37(50-51(33)3)54-14-10-36(56)49-40(54)58/h4,11-12,15-18,20-21,23-25,29H,5-10,13-14,19,22H2,1-3H3,(H,48,57)(H,49,56,58)/t24-,25-,29?. The van der Waals surface area contributed by atoms with Gasteiger partial charge in [0.1, 0.15) is 22.9 Å². The van der Waals surface area contributed by atoms with Crippen LogP contribution in [0.3, 0.4) is 0 Å². The number of carbonyl (C=O) groups excluding carboxylic acids is 3. The van der Waals surface area contributed by atoms with Gasteiger partial charge in [0.05, 0.1) is 41.5 Å². The van der Waals surface area contributed by atoms with E-state index in [-0.39, 0.29) is 54.6 Å². The molecule has 1 aromatic carbocycles. The van der Waals surface area contributed by atoms with Crippen molar-refractivity contribution < 1.29 is 32.3 Å². The van der Waals surface area contributed by atoms with Crippen LogP contribution in [0.25, 0.3) is 22.2 Å². The third kappa shape index (κ3) is 7.34. The molecule has 1 aliphatic carbocycles. The summed E-state index contributed by atoms with van der Waals surface area (Å²) in [7, 11) is 1.62. The van der Waals surface area contributed by atoms with Crippen LogP contribution in [0.15, 0.2) is 55.2 Å². The molecular formula is C41H44F3N11O4. The quantitative estimate of drug-likeness (QED) is 0.172. The van der Waals surface area contributed by atoms with Crippen LogP contribution < -0.4 is 20.3 Å². The Kier molecular flexibility index (Phi) is 9.76. The number of piperidine rings is 1. The maximum absolute atomic E-state index is 16.0. The maximum Gasteiger partial charge on any atom is 0.329 e. The Hall–Kier alpha value is -6.04. The number of nitrogens with zero attached hydrogens (tertiary/aromatic N) is 9. The van der Waals surface area contributed by atoms with Gasteiger partial charge in [0.2, 0.25) is 5.91 Å². The first-order valence-corrected chi connectivity index (χ1v) is 20.0. The number of hydrogen-bond acceptors (Lipinski definition) is 9. The molecule has 2 saturated heterocycles. The number of halogens is 3. The summed E-state index contributed by atoms with van der Waals surface area (Å²) in [5.74, 6) is -5.05. The highest BCUT2D eigenvalue weighted by atomic mass is 19.3. The van der Waals surface area contributed by atoms with Crippen molar-refractivity contribution in [1.29, 1.82) is 0 Å². The molecule has 3 fully saturated rings. The van der Waals surface area contributed by atoms with Gasteiger partial charge >= 0.3 is 6.03 Å². The number of fused-ring (bicyclic) bond motifs is 3. The van der Waals surface area contributed by atoms with E-state index in [9.17, 15) is 14.4 Å². The van der Waals surface area contributed by atoms with Gasteiger partial charge in [0, 0.05) is 68.7 Å². The number of nitrogens with one attached hydrogen (secondary N) is 2. The molecule has 7 heterocycles. The van der Waals surface area contributed by atoms with Crippen LogP contribution in [0.2, 0.25) is 0 Å². The highest BCUT2D eigenvalue weighted by Gasteiger charge is 2.47. The van der Waals surface area contributed by atoms with E-state index in [0.717, 1.165) is 31.4 Å². The van der Waals surface area contributed by atoms with Crippen LogP contribution in [-0.2, 0) is 11.8 Å². The van der Waals surface area contributed by atoms with Gasteiger partial charge in [-0.15, -0.1) is 0 Å². The number of pyridine rings is 1. The van der Waals surface area contributed by atoms with Gasteiger partial charge in [-0.25, -0.2) is 32.4 Å². The number of ether oxygens (including phenoxy) is 1. The molecule has 1 unspecified atom stereocenters. The first kappa shape index (κ1) is 38.5. The summed E-state index contributed by atoms with van der Waals surface area (Å²) in [6.45, 7) is 4.34. The first-order chi connectivity index (χ1) is 28.3. The van der Waals surface area contributed by atoms with Crippen molar-refractivity contribution in [3.8, 4) is 5.75 Å². The molecule has 0 radical (unpaired) electrons. The zero-order chi connectivity index (χ0) is 41.2. The van der Waals surface area contributed by atoms with E-state index < -0.39 is 36.1 Å². The smallest absolute Gasteiger partial charge is 0.329 e. The molecule has 0 bridgehead atoms. The van der Waals surface area contributed by atoms with E-state index in [1.807, 2.05) is 29.3 Å². The Morgan fingerprint density at radius 2 is 1.90 bits per heavy atom. The molecule has 4 amide bonds.